The number of hydrogen-bond acceptors (Lipinski definition) is 6. The second-order valence-corrected chi connectivity index (χ2v) is 38.0. The summed E-state index contributed by atoms with van der Waals surface area (Å²) < 4.78 is 26.7. The molecule has 0 aromatic heterocycles. The Balaban J connectivity index is 0.000000138. The maximum atomic E-state index is 6.75. The minimum atomic E-state index is -0.623. The van der Waals surface area contributed by atoms with Crippen LogP contribution in [-0.4, -0.2) is 0 Å². The van der Waals surface area contributed by atoms with Gasteiger partial charge >= 0.3 is 0 Å². The third-order valence-electron chi connectivity index (χ3n) is 31.3. The number of para-hydroxylation sites is 10. The summed E-state index contributed by atoms with van der Waals surface area (Å²) in [5, 5.41) is 0. The van der Waals surface area contributed by atoms with E-state index in [4.69, 9.17) is 18.9 Å². The zero-order chi connectivity index (χ0) is 93.4. The number of hydrogen-bond donors (Lipinski definition) is 0. The molecule has 22 aromatic carbocycles. The number of fused-ring (bicyclic) bond motifs is 36. The van der Waals surface area contributed by atoms with Gasteiger partial charge in [-0.05, 0) is 243 Å². The summed E-state index contributed by atoms with van der Waals surface area (Å²) in [5.74, 6) is 7.11. The minimum absolute atomic E-state index is 0.520. The van der Waals surface area contributed by atoms with Crippen LogP contribution < -0.4 is 28.7 Å². The first kappa shape index (κ1) is 80.9. The van der Waals surface area contributed by atoms with Gasteiger partial charge in [0.05, 0.1) is 27.3 Å². The molecule has 142 heavy (non-hydrogen) atoms. The molecule has 4 aliphatic heterocycles. The Kier molecular flexibility index (Phi) is 18.0. The molecule has 0 amide bonds. The fraction of sp³-hybridized carbons (Fsp3) is 0.0294. The molecule has 22 aromatic rings. The van der Waals surface area contributed by atoms with Crippen molar-refractivity contribution in [3.05, 3.63) is 611 Å². The van der Waals surface area contributed by atoms with Crippen LogP contribution >= 0.6 is 0 Å². The van der Waals surface area contributed by atoms with Crippen LogP contribution in [0.3, 0.4) is 0 Å². The van der Waals surface area contributed by atoms with Gasteiger partial charge in [0, 0.05) is 78.5 Å². The maximum absolute atomic E-state index is 6.75. The van der Waals surface area contributed by atoms with Gasteiger partial charge in [-0.25, -0.2) is 0 Å². The molecule has 0 unspecified atom stereocenters. The topological polar surface area (TPSA) is 43.4 Å². The summed E-state index contributed by atoms with van der Waals surface area (Å²) in [5.41, 5.74) is 42.9. The van der Waals surface area contributed by atoms with Gasteiger partial charge in [-0.2, -0.15) is 0 Å². The van der Waals surface area contributed by atoms with E-state index < -0.39 is 21.7 Å². The van der Waals surface area contributed by atoms with Crippen molar-refractivity contribution in [1.82, 2.24) is 0 Å². The van der Waals surface area contributed by atoms with Crippen LogP contribution in [0.2, 0.25) is 0 Å². The number of anilines is 6. The van der Waals surface area contributed by atoms with Gasteiger partial charge in [-0.3, -0.25) is 0 Å². The molecule has 0 bridgehead atoms. The third-order valence-corrected chi connectivity index (χ3v) is 31.3. The van der Waals surface area contributed by atoms with Crippen LogP contribution in [0.1, 0.15) is 89.0 Å². The average Bonchev–Trinajstić information content (AvgIpc) is 1.52. The summed E-state index contributed by atoms with van der Waals surface area (Å²) in [6.45, 7) is 0. The minimum Gasteiger partial charge on any atom is -0.457 e. The van der Waals surface area contributed by atoms with Gasteiger partial charge in [0.1, 0.15) is 46.0 Å². The van der Waals surface area contributed by atoms with Crippen molar-refractivity contribution in [2.45, 2.75) is 21.7 Å². The zero-order valence-electron chi connectivity index (χ0n) is 77.2. The zero-order valence-corrected chi connectivity index (χ0v) is 77.2. The molecule has 6 nitrogen and oxygen atoms in total. The molecular formula is C136H86N2O4. The molecule has 0 atom stereocenters. The Hall–Kier alpha value is -18.4. The standard InChI is InChI=1S/C74H47NO2.C62H39NO2/c1-2-19-48(20-3-1)49-37-39-50(40-38-49)54-21-6-13-32-67(54)75(53-45-46-57-56-22-4-7-25-59(56)74(66(57)47-53)63-29-11-16-35-70(63)77-71-36-17-12-30-64(71)74)52-43-41-51(42-44-52)55-24-18-31-65-72(55)58-23-5-8-26-60(58)73(65)61-27-9-14-33-68(61)76-69-34-15-10-28-62(69)73;1-2-17-41(18-3-1)63(43-37-38-46-45-19-4-6-22-48(45)62(55(46)39-43)52-26-10-14-31-58(52)65-59-32-15-11-27-53(59)62)42-35-33-40(34-36-42)44-21-16-28-54-60(44)47-20-5-7-23-49(47)61(54)50-24-8-12-29-56(50)64-57-30-13-9-25-51(57)61/h1-47H;1-39H. The summed E-state index contributed by atoms with van der Waals surface area (Å²) in [6, 6.07) is 190. The fourth-order valence-corrected chi connectivity index (χ4v) is 25.7. The van der Waals surface area contributed by atoms with E-state index in [-0.39, 0.29) is 0 Å². The summed E-state index contributed by atoms with van der Waals surface area (Å²) in [7, 11) is 0. The second kappa shape index (κ2) is 31.6. The quantitative estimate of drug-likeness (QED) is 0.136. The SMILES string of the molecule is c1ccc(-c2ccc(-c3ccccc3N(c3ccc(-c4cccc5c4-c4ccccc4C54c5ccccc5Oc5ccccc54)cc3)c3ccc4c(c3)C3(c5ccccc5Oc5ccccc53)c3ccccc3-4)cc2)cc1.c1ccc(N(c2ccc(-c3cccc4c3-c3ccccc3C43c4ccccc4Oc4ccccc43)cc2)c2ccc3c(c2)C2(c4ccccc4Oc4ccccc42)c2ccccc2-3)cc1. The Morgan fingerprint density at radius 1 is 0.127 bits per heavy atom. The molecule has 0 radical (unpaired) electrons. The molecule has 6 heteroatoms. The Morgan fingerprint density at radius 3 is 0.725 bits per heavy atom. The Labute approximate surface area is 824 Å². The average molecular weight is 1810 g/mol. The highest BCUT2D eigenvalue weighted by molar-refractivity contribution is 6.02. The molecule has 664 valence electrons. The molecule has 4 aliphatic carbocycles. The lowest BCUT2D eigenvalue weighted by Crippen LogP contribution is -2.32. The van der Waals surface area contributed by atoms with Crippen molar-refractivity contribution < 1.29 is 18.9 Å². The summed E-state index contributed by atoms with van der Waals surface area (Å²) in [4.78, 5) is 4.86. The van der Waals surface area contributed by atoms with E-state index in [1.54, 1.807) is 0 Å². The van der Waals surface area contributed by atoms with Crippen molar-refractivity contribution >= 4 is 34.1 Å². The van der Waals surface area contributed by atoms with E-state index in [9.17, 15) is 0 Å². The van der Waals surface area contributed by atoms with E-state index in [0.717, 1.165) is 136 Å². The van der Waals surface area contributed by atoms with Crippen molar-refractivity contribution in [1.29, 1.82) is 0 Å². The van der Waals surface area contributed by atoms with Crippen molar-refractivity contribution in [2.24, 2.45) is 0 Å². The van der Waals surface area contributed by atoms with E-state index in [0.29, 0.717) is 0 Å². The van der Waals surface area contributed by atoms with E-state index in [2.05, 4.69) is 532 Å². The first-order chi connectivity index (χ1) is 70.4. The fourth-order valence-electron chi connectivity index (χ4n) is 25.7. The van der Waals surface area contributed by atoms with Crippen molar-refractivity contribution in [3.63, 3.8) is 0 Å². The van der Waals surface area contributed by atoms with Crippen LogP contribution in [0.5, 0.6) is 46.0 Å². The largest absolute Gasteiger partial charge is 0.457 e. The molecule has 4 heterocycles. The van der Waals surface area contributed by atoms with Gasteiger partial charge in [-0.15, -0.1) is 0 Å². The lowest BCUT2D eigenvalue weighted by atomic mass is 9.66. The predicted molar refractivity (Wildman–Crippen MR) is 574 cm³/mol. The van der Waals surface area contributed by atoms with Gasteiger partial charge in [0.25, 0.3) is 0 Å². The molecule has 0 N–H and O–H groups in total. The highest BCUT2D eigenvalue weighted by atomic mass is 16.5. The molecule has 0 saturated heterocycles. The van der Waals surface area contributed by atoms with Gasteiger partial charge in [0.2, 0.25) is 0 Å². The van der Waals surface area contributed by atoms with E-state index in [1.807, 2.05) is 0 Å². The Bertz CT molecular complexity index is 8760. The van der Waals surface area contributed by atoms with Crippen LogP contribution in [-0.2, 0) is 21.7 Å². The highest BCUT2D eigenvalue weighted by Crippen LogP contribution is 2.69. The van der Waals surface area contributed by atoms with E-state index >= 15 is 0 Å². The second-order valence-electron chi connectivity index (χ2n) is 38.0. The molecule has 0 saturated carbocycles. The van der Waals surface area contributed by atoms with Gasteiger partial charge in [0.15, 0.2) is 0 Å². The molecule has 8 aliphatic rings. The van der Waals surface area contributed by atoms with Gasteiger partial charge < -0.3 is 28.7 Å². The van der Waals surface area contributed by atoms with Crippen molar-refractivity contribution in [3.8, 4) is 135 Å². The number of benzene rings is 22. The first-order valence-electron chi connectivity index (χ1n) is 49.0. The number of nitrogens with zero attached hydrogens (tertiary/aromatic N) is 2. The maximum Gasteiger partial charge on any atom is 0.132 e. The van der Waals surface area contributed by atoms with Gasteiger partial charge in [-0.1, -0.05) is 406 Å². The summed E-state index contributed by atoms with van der Waals surface area (Å²) >= 11 is 0. The molecule has 0 fully saturated rings. The summed E-state index contributed by atoms with van der Waals surface area (Å²) in [6.07, 6.45) is 0. The highest BCUT2D eigenvalue weighted by Gasteiger charge is 2.57. The predicted octanol–water partition coefficient (Wildman–Crippen LogP) is 34.9. The van der Waals surface area contributed by atoms with Crippen LogP contribution in [0.4, 0.5) is 34.1 Å². The lowest BCUT2D eigenvalue weighted by molar-refractivity contribution is 0.436. The van der Waals surface area contributed by atoms with Crippen LogP contribution in [0.15, 0.2) is 522 Å². The molecule has 4 spiro atoms. The Morgan fingerprint density at radius 2 is 0.352 bits per heavy atom. The first-order valence-corrected chi connectivity index (χ1v) is 49.0. The monoisotopic (exact) mass is 1810 g/mol. The molecule has 30 rings (SSSR count). The number of ether oxygens (including phenoxy) is 4. The van der Waals surface area contributed by atoms with Crippen LogP contribution in [0.25, 0.3) is 89.0 Å². The number of rotatable bonds is 10. The smallest absolute Gasteiger partial charge is 0.132 e. The van der Waals surface area contributed by atoms with Crippen LogP contribution in [0, 0.1) is 0 Å². The third kappa shape index (κ3) is 11.5. The normalized spacial score (nSPS) is 14.1. The van der Waals surface area contributed by atoms with Crippen molar-refractivity contribution in [2.75, 3.05) is 9.80 Å². The molecular weight excluding hydrogens is 1730 g/mol. The lowest BCUT2D eigenvalue weighted by Gasteiger charge is -2.39. The van der Waals surface area contributed by atoms with E-state index in [1.165, 1.54) is 122 Å².